The van der Waals surface area contributed by atoms with Gasteiger partial charge in [-0.05, 0) is 94.1 Å². The molecule has 2 bridgehead atoms. The summed E-state index contributed by atoms with van der Waals surface area (Å²) in [6, 6.07) is 4.73. The number of carboxylic acids is 1. The Balaban J connectivity index is 1.09. The van der Waals surface area contributed by atoms with Gasteiger partial charge < -0.3 is 19.7 Å². The van der Waals surface area contributed by atoms with Gasteiger partial charge in [-0.3, -0.25) is 9.69 Å². The number of alkyl halides is 7. The van der Waals surface area contributed by atoms with Crippen molar-refractivity contribution in [1.29, 1.82) is 0 Å². The predicted octanol–water partition coefficient (Wildman–Crippen LogP) is 8.91. The molecule has 3 aromatic rings. The van der Waals surface area contributed by atoms with E-state index >= 15 is 0 Å². The van der Waals surface area contributed by atoms with E-state index in [1.807, 2.05) is 6.92 Å². The number of aliphatic carboxylic acids is 1. The van der Waals surface area contributed by atoms with Crippen molar-refractivity contribution in [3.63, 3.8) is 0 Å². The van der Waals surface area contributed by atoms with Crippen molar-refractivity contribution in [2.24, 2.45) is 17.8 Å². The lowest BCUT2D eigenvalue weighted by atomic mass is 9.76. The Hall–Kier alpha value is -3.95. The van der Waals surface area contributed by atoms with Crippen molar-refractivity contribution in [1.82, 2.24) is 24.8 Å². The lowest BCUT2D eigenvalue weighted by Crippen LogP contribution is -2.60. The molecule has 3 heterocycles. The van der Waals surface area contributed by atoms with Crippen molar-refractivity contribution < 1.29 is 50.2 Å². The van der Waals surface area contributed by atoms with Crippen LogP contribution in [0.1, 0.15) is 112 Å². The summed E-state index contributed by atoms with van der Waals surface area (Å²) in [6.07, 6.45) is 2.20. The Kier molecular flexibility index (Phi) is 9.83. The number of fused-ring (bicyclic) bond motifs is 3. The van der Waals surface area contributed by atoms with Gasteiger partial charge in [0.05, 0.1) is 30.3 Å². The summed E-state index contributed by atoms with van der Waals surface area (Å²) in [5.74, 6) is -7.91. The molecule has 1 aromatic carbocycles. The van der Waals surface area contributed by atoms with Gasteiger partial charge in [-0.2, -0.15) is 13.2 Å². The molecule has 4 saturated carbocycles. The molecule has 0 radical (unpaired) electrons. The Labute approximate surface area is 319 Å². The van der Waals surface area contributed by atoms with Gasteiger partial charge >= 0.3 is 12.1 Å². The minimum Gasteiger partial charge on any atom is -0.490 e. The molecule has 56 heavy (non-hydrogen) atoms. The first-order chi connectivity index (χ1) is 26.4. The van der Waals surface area contributed by atoms with E-state index < -0.39 is 58.7 Å². The van der Waals surface area contributed by atoms with Gasteiger partial charge in [-0.15, -0.1) is 0 Å². The highest BCUT2D eigenvalue weighted by molar-refractivity contribution is 6.00. The first-order valence-corrected chi connectivity index (χ1v) is 19.7. The average molecular weight is 794 g/mol. The van der Waals surface area contributed by atoms with Crippen LogP contribution in [0.25, 0.3) is 22.3 Å². The topological polar surface area (TPSA) is 110 Å². The normalized spacial score (nSPS) is 30.5. The van der Waals surface area contributed by atoms with E-state index in [-0.39, 0.29) is 80.6 Å². The highest BCUT2D eigenvalue weighted by atomic mass is 19.4. The molecule has 8 rings (SSSR count). The molecule has 9 nitrogen and oxygen atoms in total. The molecule has 1 saturated heterocycles. The summed E-state index contributed by atoms with van der Waals surface area (Å²) in [7, 11) is 0. The standard InChI is InChI=1S/C40H46F7N5O4/c1-2-22-13-23-15-24(14-22)39(17-23,36(54)55)50-35(53)30-18-48-34(49-33(30)40(45,46)47)31-19-52(26-9-11-37(41,42)12-10-26)32-16-28(7-8-29(31)32)56-27-5-3-25(4-6-27)51-20-38(43,44)21-51/h7-8,16,18-19,22-27H,2-6,9-15,17,20-21H2,1H3,(H,50,53)(H,54,55). The van der Waals surface area contributed by atoms with Crippen LogP contribution >= 0.6 is 0 Å². The SMILES string of the molecule is CCC1CC2CC(C1)C(NC(=O)c1cnc(-c3cn(C4CCC(F)(F)CC4)c4cc(OC5CCC(N6CC(F)(F)C6)CC5)ccc34)nc1C(F)(F)F)(C(=O)O)C2. The predicted molar refractivity (Wildman–Crippen MR) is 191 cm³/mol. The summed E-state index contributed by atoms with van der Waals surface area (Å²) in [5.41, 5.74) is -3.37. The Bertz CT molecular complexity index is 1980. The van der Waals surface area contributed by atoms with Crippen LogP contribution in [0.15, 0.2) is 30.6 Å². The molecule has 304 valence electrons. The summed E-state index contributed by atoms with van der Waals surface area (Å²) in [4.78, 5) is 36.3. The van der Waals surface area contributed by atoms with E-state index in [1.54, 1.807) is 33.9 Å². The second kappa shape index (κ2) is 14.2. The zero-order chi connectivity index (χ0) is 39.8. The van der Waals surface area contributed by atoms with E-state index in [9.17, 15) is 45.4 Å². The molecule has 1 aliphatic heterocycles. The molecule has 5 fully saturated rings. The Morgan fingerprint density at radius 1 is 0.964 bits per heavy atom. The van der Waals surface area contributed by atoms with E-state index in [0.29, 0.717) is 55.2 Å². The van der Waals surface area contributed by atoms with Crippen LogP contribution in [-0.2, 0) is 11.0 Å². The Morgan fingerprint density at radius 3 is 2.32 bits per heavy atom. The van der Waals surface area contributed by atoms with Crippen molar-refractivity contribution in [2.45, 2.75) is 132 Å². The number of nitrogens with one attached hydrogen (secondary N) is 1. The molecule has 4 aliphatic carbocycles. The molecule has 2 aromatic heterocycles. The first kappa shape index (κ1) is 38.9. The Morgan fingerprint density at radius 2 is 1.68 bits per heavy atom. The number of hydrogen-bond donors (Lipinski definition) is 2. The molecular formula is C40H46F7N5O4. The number of benzene rings is 1. The van der Waals surface area contributed by atoms with Crippen LogP contribution in [0.5, 0.6) is 5.75 Å². The molecule has 4 atom stereocenters. The zero-order valence-corrected chi connectivity index (χ0v) is 31.1. The third kappa shape index (κ3) is 7.34. The smallest absolute Gasteiger partial charge is 0.434 e. The largest absolute Gasteiger partial charge is 0.490 e. The number of hydrogen-bond acceptors (Lipinski definition) is 6. The number of amides is 1. The molecule has 2 N–H and O–H groups in total. The number of carboxylic acid groups (broad SMARTS) is 1. The summed E-state index contributed by atoms with van der Waals surface area (Å²) < 4.78 is 108. The lowest BCUT2D eigenvalue weighted by molar-refractivity contribution is -0.151. The lowest BCUT2D eigenvalue weighted by Gasteiger charge is -2.46. The number of likely N-dealkylation sites (tertiary alicyclic amines) is 1. The van der Waals surface area contributed by atoms with Gasteiger partial charge in [0.1, 0.15) is 11.3 Å². The molecule has 16 heteroatoms. The number of rotatable bonds is 9. The number of carbonyl (C=O) groups excluding carboxylic acids is 1. The van der Waals surface area contributed by atoms with E-state index in [2.05, 4.69) is 15.3 Å². The fraction of sp³-hybridized carbons (Fsp3) is 0.650. The van der Waals surface area contributed by atoms with Gasteiger partial charge in [0.15, 0.2) is 11.5 Å². The van der Waals surface area contributed by atoms with Gasteiger partial charge in [0.25, 0.3) is 11.8 Å². The van der Waals surface area contributed by atoms with Crippen LogP contribution in [0.2, 0.25) is 0 Å². The number of nitrogens with zero attached hydrogens (tertiary/aromatic N) is 4. The van der Waals surface area contributed by atoms with E-state index in [4.69, 9.17) is 4.74 Å². The maximum absolute atomic E-state index is 14.8. The van der Waals surface area contributed by atoms with Crippen LogP contribution in [0, 0.1) is 17.8 Å². The monoisotopic (exact) mass is 793 g/mol. The van der Waals surface area contributed by atoms with Gasteiger partial charge in [0, 0.05) is 54.3 Å². The van der Waals surface area contributed by atoms with Crippen molar-refractivity contribution >= 4 is 22.8 Å². The third-order valence-corrected chi connectivity index (χ3v) is 13.3. The molecular weight excluding hydrogens is 747 g/mol. The zero-order valence-electron chi connectivity index (χ0n) is 31.1. The highest BCUT2D eigenvalue weighted by Gasteiger charge is 2.57. The minimum atomic E-state index is -5.11. The number of ether oxygens (including phenoxy) is 1. The van der Waals surface area contributed by atoms with Crippen LogP contribution in [-0.4, -0.2) is 79.0 Å². The molecule has 1 amide bonds. The van der Waals surface area contributed by atoms with E-state index in [0.717, 1.165) is 19.0 Å². The molecule has 0 spiro atoms. The fourth-order valence-electron chi connectivity index (χ4n) is 10.3. The third-order valence-electron chi connectivity index (χ3n) is 13.3. The number of carbonyl (C=O) groups is 2. The molecule has 4 unspecified atom stereocenters. The molecule has 5 aliphatic rings. The summed E-state index contributed by atoms with van der Waals surface area (Å²) in [6.45, 7) is 1.55. The maximum Gasteiger partial charge on any atom is 0.434 e. The average Bonchev–Trinajstić information content (AvgIpc) is 3.63. The maximum atomic E-state index is 14.8. The van der Waals surface area contributed by atoms with Gasteiger partial charge in [0.2, 0.25) is 5.92 Å². The summed E-state index contributed by atoms with van der Waals surface area (Å²) in [5, 5.41) is 13.3. The van der Waals surface area contributed by atoms with Crippen molar-refractivity contribution in [3.05, 3.63) is 41.9 Å². The van der Waals surface area contributed by atoms with Crippen molar-refractivity contribution in [2.75, 3.05) is 13.1 Å². The van der Waals surface area contributed by atoms with E-state index in [1.165, 1.54) is 0 Å². The van der Waals surface area contributed by atoms with Gasteiger partial charge in [-0.25, -0.2) is 32.3 Å². The summed E-state index contributed by atoms with van der Waals surface area (Å²) >= 11 is 0. The highest BCUT2D eigenvalue weighted by Crippen LogP contribution is 2.52. The second-order valence-electron chi connectivity index (χ2n) is 17.0. The van der Waals surface area contributed by atoms with Crippen LogP contribution in [0.3, 0.4) is 0 Å². The number of halogens is 7. The first-order valence-electron chi connectivity index (χ1n) is 19.7. The van der Waals surface area contributed by atoms with Gasteiger partial charge in [-0.1, -0.05) is 13.3 Å². The fourth-order valence-corrected chi connectivity index (χ4v) is 10.3. The quantitative estimate of drug-likeness (QED) is 0.208. The van der Waals surface area contributed by atoms with Crippen LogP contribution < -0.4 is 10.1 Å². The van der Waals surface area contributed by atoms with Crippen molar-refractivity contribution in [3.8, 4) is 17.1 Å². The van der Waals surface area contributed by atoms with Crippen LogP contribution in [0.4, 0.5) is 30.7 Å². The second-order valence-corrected chi connectivity index (χ2v) is 17.0. The number of aromatic nitrogens is 3. The minimum absolute atomic E-state index is 0.0398.